The molecule has 6 heteroatoms. The van der Waals surface area contributed by atoms with Gasteiger partial charge < -0.3 is 10.2 Å². The van der Waals surface area contributed by atoms with Gasteiger partial charge in [-0.05, 0) is 60.7 Å². The van der Waals surface area contributed by atoms with Crippen LogP contribution in [0.25, 0.3) is 5.57 Å². The van der Waals surface area contributed by atoms with Crippen molar-refractivity contribution in [2.45, 2.75) is 19.8 Å². The average molecular weight is 420 g/mol. The number of piperidine rings is 1. The maximum absolute atomic E-state index is 13.4. The van der Waals surface area contributed by atoms with E-state index in [4.69, 9.17) is 0 Å². The molecule has 0 bridgehead atoms. The minimum atomic E-state index is -0.418. The predicted octanol–water partition coefficient (Wildman–Crippen LogP) is 4.44. The van der Waals surface area contributed by atoms with E-state index >= 15 is 0 Å². The summed E-state index contributed by atoms with van der Waals surface area (Å²) in [6.45, 7) is 8.10. The summed E-state index contributed by atoms with van der Waals surface area (Å²) >= 11 is 0. The molecule has 0 radical (unpaired) electrons. The highest BCUT2D eigenvalue weighted by Gasteiger charge is 2.38. The summed E-state index contributed by atoms with van der Waals surface area (Å²) in [6.07, 6.45) is 3.88. The van der Waals surface area contributed by atoms with Crippen LogP contribution in [0.4, 0.5) is 15.8 Å². The Morgan fingerprint density at radius 2 is 1.68 bits per heavy atom. The van der Waals surface area contributed by atoms with Crippen molar-refractivity contribution in [1.82, 2.24) is 4.90 Å². The Kier molecular flexibility index (Phi) is 5.89. The topological polar surface area (TPSA) is 52.7 Å². The second-order valence-electron chi connectivity index (χ2n) is 8.11. The molecule has 2 aliphatic heterocycles. The zero-order chi connectivity index (χ0) is 22.0. The van der Waals surface area contributed by atoms with Crippen molar-refractivity contribution in [1.29, 1.82) is 0 Å². The fourth-order valence-electron chi connectivity index (χ4n) is 4.04. The predicted molar refractivity (Wildman–Crippen MR) is 121 cm³/mol. The summed E-state index contributed by atoms with van der Waals surface area (Å²) < 4.78 is 13.4. The van der Waals surface area contributed by atoms with Gasteiger partial charge in [-0.15, -0.1) is 6.58 Å². The molecule has 2 aromatic carbocycles. The third-order valence-electron chi connectivity index (χ3n) is 5.90. The van der Waals surface area contributed by atoms with Gasteiger partial charge in [-0.2, -0.15) is 0 Å². The number of benzene rings is 2. The minimum Gasteiger partial charge on any atom is -0.372 e. The van der Waals surface area contributed by atoms with Gasteiger partial charge in [-0.25, -0.2) is 4.39 Å². The smallest absolute Gasteiger partial charge is 0.278 e. The van der Waals surface area contributed by atoms with Gasteiger partial charge in [0.05, 0.1) is 5.57 Å². The molecule has 0 aromatic heterocycles. The average Bonchev–Trinajstić information content (AvgIpc) is 3.00. The molecule has 2 aliphatic rings. The Hall–Kier alpha value is -3.41. The van der Waals surface area contributed by atoms with E-state index < -0.39 is 17.6 Å². The Morgan fingerprint density at radius 1 is 1.03 bits per heavy atom. The lowest BCUT2D eigenvalue weighted by molar-refractivity contribution is -0.136. The monoisotopic (exact) mass is 419 g/mol. The minimum absolute atomic E-state index is 0.111. The van der Waals surface area contributed by atoms with E-state index in [0.717, 1.165) is 29.6 Å². The molecule has 0 atom stereocenters. The van der Waals surface area contributed by atoms with E-state index in [1.165, 1.54) is 43.2 Å². The highest BCUT2D eigenvalue weighted by molar-refractivity contribution is 6.36. The number of amides is 2. The number of nitrogens with zero attached hydrogens (tertiary/aromatic N) is 2. The van der Waals surface area contributed by atoms with E-state index in [1.807, 2.05) is 24.3 Å². The standard InChI is InChI=1S/C25H26FN3O2/c1-3-14-29-24(30)22(18-4-6-19(26)7-5-18)23(25(29)31)27-20-8-10-21(11-9-20)28-15-12-17(2)13-16-28/h3-11,17,27H,1,12-16H2,2H3. The van der Waals surface area contributed by atoms with Crippen molar-refractivity contribution < 1.29 is 14.0 Å². The van der Waals surface area contributed by atoms with E-state index in [9.17, 15) is 14.0 Å². The summed E-state index contributed by atoms with van der Waals surface area (Å²) in [5, 5.41) is 3.13. The Balaban J connectivity index is 1.61. The van der Waals surface area contributed by atoms with Crippen LogP contribution in [-0.2, 0) is 9.59 Å². The molecule has 5 nitrogen and oxygen atoms in total. The summed E-state index contributed by atoms with van der Waals surface area (Å²) in [5.74, 6) is -0.476. The SMILES string of the molecule is C=CCN1C(=O)C(Nc2ccc(N3CCC(C)CC3)cc2)=C(c2ccc(F)cc2)C1=O. The summed E-state index contributed by atoms with van der Waals surface area (Å²) in [4.78, 5) is 29.4. The number of hydrogen-bond donors (Lipinski definition) is 1. The van der Waals surface area contributed by atoms with Gasteiger partial charge in [0.25, 0.3) is 11.8 Å². The van der Waals surface area contributed by atoms with Crippen molar-refractivity contribution >= 4 is 28.8 Å². The zero-order valence-electron chi connectivity index (χ0n) is 17.6. The van der Waals surface area contributed by atoms with Crippen LogP contribution >= 0.6 is 0 Å². The maximum atomic E-state index is 13.4. The molecule has 2 aromatic rings. The van der Waals surface area contributed by atoms with Gasteiger partial charge in [-0.3, -0.25) is 14.5 Å². The lowest BCUT2D eigenvalue weighted by Crippen LogP contribution is -2.32. The van der Waals surface area contributed by atoms with Crippen LogP contribution < -0.4 is 10.2 Å². The highest BCUT2D eigenvalue weighted by atomic mass is 19.1. The molecule has 0 spiro atoms. The molecule has 0 aliphatic carbocycles. The quantitative estimate of drug-likeness (QED) is 0.556. The van der Waals surface area contributed by atoms with Gasteiger partial charge >= 0.3 is 0 Å². The normalized spacial score (nSPS) is 17.5. The van der Waals surface area contributed by atoms with Crippen molar-refractivity contribution in [2.24, 2.45) is 5.92 Å². The second-order valence-corrected chi connectivity index (χ2v) is 8.11. The van der Waals surface area contributed by atoms with Gasteiger partial charge in [0.1, 0.15) is 11.5 Å². The molecule has 1 fully saturated rings. The van der Waals surface area contributed by atoms with Gasteiger partial charge in [0, 0.05) is 31.0 Å². The summed E-state index contributed by atoms with van der Waals surface area (Å²) in [7, 11) is 0. The number of hydrogen-bond acceptors (Lipinski definition) is 4. The maximum Gasteiger partial charge on any atom is 0.278 e. The Morgan fingerprint density at radius 3 is 2.29 bits per heavy atom. The summed E-state index contributed by atoms with van der Waals surface area (Å²) in [6, 6.07) is 13.5. The first-order valence-electron chi connectivity index (χ1n) is 10.6. The van der Waals surface area contributed by atoms with Crippen LogP contribution in [0.1, 0.15) is 25.3 Å². The number of nitrogens with one attached hydrogen (secondary N) is 1. The number of halogens is 1. The van der Waals surface area contributed by atoms with Crippen LogP contribution in [0.5, 0.6) is 0 Å². The third kappa shape index (κ3) is 4.24. The first kappa shape index (κ1) is 20.8. The Labute approximate surface area is 181 Å². The molecule has 2 amide bonds. The molecular formula is C25H26FN3O2. The largest absolute Gasteiger partial charge is 0.372 e. The number of imide groups is 1. The molecular weight excluding hydrogens is 393 g/mol. The number of carbonyl (C=O) groups excluding carboxylic acids is 2. The van der Waals surface area contributed by atoms with Crippen LogP contribution in [0.2, 0.25) is 0 Å². The van der Waals surface area contributed by atoms with Gasteiger partial charge in [0.2, 0.25) is 0 Å². The first-order valence-corrected chi connectivity index (χ1v) is 10.6. The molecule has 4 rings (SSSR count). The Bertz CT molecular complexity index is 1020. The highest BCUT2D eigenvalue weighted by Crippen LogP contribution is 2.31. The number of anilines is 2. The van der Waals surface area contributed by atoms with E-state index in [-0.39, 0.29) is 17.8 Å². The van der Waals surface area contributed by atoms with E-state index in [0.29, 0.717) is 11.3 Å². The summed E-state index contributed by atoms with van der Waals surface area (Å²) in [5.41, 5.74) is 2.78. The zero-order valence-corrected chi connectivity index (χ0v) is 17.6. The molecule has 160 valence electrons. The second kappa shape index (κ2) is 8.76. The molecule has 1 N–H and O–H groups in total. The van der Waals surface area contributed by atoms with E-state index in [2.05, 4.69) is 23.7 Å². The van der Waals surface area contributed by atoms with E-state index in [1.54, 1.807) is 0 Å². The van der Waals surface area contributed by atoms with Gasteiger partial charge in [-0.1, -0.05) is 25.1 Å². The fraction of sp³-hybridized carbons (Fsp3) is 0.280. The van der Waals surface area contributed by atoms with Crippen LogP contribution in [0.15, 0.2) is 66.9 Å². The van der Waals surface area contributed by atoms with Crippen molar-refractivity contribution in [3.05, 3.63) is 78.3 Å². The number of carbonyl (C=O) groups is 2. The van der Waals surface area contributed by atoms with Crippen LogP contribution in [0, 0.1) is 11.7 Å². The van der Waals surface area contributed by atoms with Crippen molar-refractivity contribution in [3.8, 4) is 0 Å². The van der Waals surface area contributed by atoms with Crippen molar-refractivity contribution in [3.63, 3.8) is 0 Å². The van der Waals surface area contributed by atoms with Crippen LogP contribution in [-0.4, -0.2) is 36.3 Å². The number of rotatable bonds is 6. The fourth-order valence-corrected chi connectivity index (χ4v) is 4.04. The molecule has 2 heterocycles. The first-order chi connectivity index (χ1) is 15.0. The third-order valence-corrected chi connectivity index (χ3v) is 5.90. The molecule has 0 unspecified atom stereocenters. The van der Waals surface area contributed by atoms with Crippen LogP contribution in [0.3, 0.4) is 0 Å². The lowest BCUT2D eigenvalue weighted by Gasteiger charge is -2.32. The molecule has 1 saturated heterocycles. The van der Waals surface area contributed by atoms with Crippen molar-refractivity contribution in [2.75, 3.05) is 29.9 Å². The molecule has 31 heavy (non-hydrogen) atoms. The van der Waals surface area contributed by atoms with Gasteiger partial charge in [0.15, 0.2) is 0 Å². The lowest BCUT2D eigenvalue weighted by atomic mass is 9.99. The molecule has 0 saturated carbocycles.